The standard InChI is InChI=1S/C20H21NO2/c1-4-15-5-6-19-18(10-15)16(12-23-19)11-20(22)21-17-8-13(2)7-14(3)9-17/h5-10,12H,4,11H2,1-3H3,(H,21,22). The average molecular weight is 307 g/mol. The Kier molecular flexibility index (Phi) is 4.20. The number of carbonyl (C=O) groups is 1. The van der Waals surface area contributed by atoms with Crippen molar-refractivity contribution in [2.24, 2.45) is 0 Å². The van der Waals surface area contributed by atoms with Gasteiger partial charge in [-0.2, -0.15) is 0 Å². The van der Waals surface area contributed by atoms with Crippen molar-refractivity contribution in [2.45, 2.75) is 33.6 Å². The summed E-state index contributed by atoms with van der Waals surface area (Å²) >= 11 is 0. The molecule has 2 aromatic carbocycles. The molecule has 0 aliphatic heterocycles. The van der Waals surface area contributed by atoms with E-state index in [9.17, 15) is 4.79 Å². The maximum absolute atomic E-state index is 12.3. The van der Waals surface area contributed by atoms with Crippen LogP contribution in [0.25, 0.3) is 11.0 Å². The van der Waals surface area contributed by atoms with Gasteiger partial charge in [-0.1, -0.05) is 19.1 Å². The molecule has 0 saturated carbocycles. The number of nitrogens with one attached hydrogen (secondary N) is 1. The van der Waals surface area contributed by atoms with Gasteiger partial charge < -0.3 is 9.73 Å². The minimum Gasteiger partial charge on any atom is -0.464 e. The van der Waals surface area contributed by atoms with Gasteiger partial charge in [0, 0.05) is 16.6 Å². The van der Waals surface area contributed by atoms with Gasteiger partial charge in [0.2, 0.25) is 5.91 Å². The van der Waals surface area contributed by atoms with Crippen LogP contribution in [0.3, 0.4) is 0 Å². The molecule has 3 rings (SSSR count). The molecule has 0 radical (unpaired) electrons. The number of carbonyl (C=O) groups excluding carboxylic acids is 1. The summed E-state index contributed by atoms with van der Waals surface area (Å²) in [5.41, 5.74) is 6.13. The van der Waals surface area contributed by atoms with E-state index in [4.69, 9.17) is 4.42 Å². The monoisotopic (exact) mass is 307 g/mol. The van der Waals surface area contributed by atoms with E-state index >= 15 is 0 Å². The summed E-state index contributed by atoms with van der Waals surface area (Å²) in [6.07, 6.45) is 2.97. The number of furan rings is 1. The van der Waals surface area contributed by atoms with Crippen LogP contribution in [0.15, 0.2) is 47.1 Å². The zero-order chi connectivity index (χ0) is 16.4. The lowest BCUT2D eigenvalue weighted by molar-refractivity contribution is -0.115. The zero-order valence-corrected chi connectivity index (χ0v) is 13.8. The van der Waals surface area contributed by atoms with Crippen LogP contribution in [0.4, 0.5) is 5.69 Å². The molecular formula is C20H21NO2. The van der Waals surface area contributed by atoms with Crippen molar-refractivity contribution in [1.29, 1.82) is 0 Å². The van der Waals surface area contributed by atoms with E-state index < -0.39 is 0 Å². The van der Waals surface area contributed by atoms with Gasteiger partial charge in [0.1, 0.15) is 5.58 Å². The lowest BCUT2D eigenvalue weighted by Crippen LogP contribution is -2.14. The van der Waals surface area contributed by atoms with Crippen molar-refractivity contribution >= 4 is 22.6 Å². The second kappa shape index (κ2) is 6.29. The van der Waals surface area contributed by atoms with E-state index in [-0.39, 0.29) is 5.91 Å². The number of fused-ring (bicyclic) bond motifs is 1. The highest BCUT2D eigenvalue weighted by atomic mass is 16.3. The first-order valence-electron chi connectivity index (χ1n) is 7.92. The van der Waals surface area contributed by atoms with E-state index in [1.807, 2.05) is 32.0 Å². The molecule has 3 nitrogen and oxygen atoms in total. The molecule has 1 aromatic heterocycles. The van der Waals surface area contributed by atoms with Crippen LogP contribution in [0.1, 0.15) is 29.2 Å². The van der Waals surface area contributed by atoms with E-state index in [1.165, 1.54) is 5.56 Å². The average Bonchev–Trinajstić information content (AvgIpc) is 2.88. The Bertz CT molecular complexity index is 841. The number of aryl methyl sites for hydroxylation is 3. The maximum atomic E-state index is 12.3. The molecule has 0 fully saturated rings. The first kappa shape index (κ1) is 15.3. The van der Waals surface area contributed by atoms with E-state index in [1.54, 1.807) is 6.26 Å². The second-order valence-electron chi connectivity index (χ2n) is 6.05. The highest BCUT2D eigenvalue weighted by Crippen LogP contribution is 2.24. The smallest absolute Gasteiger partial charge is 0.228 e. The quantitative estimate of drug-likeness (QED) is 0.752. The number of amides is 1. The SMILES string of the molecule is CCc1ccc2occ(CC(=O)Nc3cc(C)cc(C)c3)c2c1. The van der Waals surface area contributed by atoms with Crippen LogP contribution in [-0.2, 0) is 17.6 Å². The fourth-order valence-corrected chi connectivity index (χ4v) is 2.91. The summed E-state index contributed by atoms with van der Waals surface area (Å²) in [6, 6.07) is 12.2. The predicted molar refractivity (Wildman–Crippen MR) is 93.8 cm³/mol. The Morgan fingerprint density at radius 3 is 2.52 bits per heavy atom. The first-order chi connectivity index (χ1) is 11.0. The van der Waals surface area contributed by atoms with E-state index in [0.29, 0.717) is 6.42 Å². The van der Waals surface area contributed by atoms with Crippen LogP contribution in [0, 0.1) is 13.8 Å². The molecule has 3 aromatic rings. The van der Waals surface area contributed by atoms with Gasteiger partial charge in [0.05, 0.1) is 12.7 Å². The number of hydrogen-bond acceptors (Lipinski definition) is 2. The minimum atomic E-state index is -0.0281. The summed E-state index contributed by atoms with van der Waals surface area (Å²) in [6.45, 7) is 6.17. The van der Waals surface area contributed by atoms with Crippen molar-refractivity contribution in [3.8, 4) is 0 Å². The van der Waals surface area contributed by atoms with Crippen LogP contribution in [0.5, 0.6) is 0 Å². The summed E-state index contributed by atoms with van der Waals surface area (Å²) in [4.78, 5) is 12.3. The van der Waals surface area contributed by atoms with Gasteiger partial charge in [-0.3, -0.25) is 4.79 Å². The van der Waals surface area contributed by atoms with Crippen LogP contribution < -0.4 is 5.32 Å². The Hall–Kier alpha value is -2.55. The first-order valence-corrected chi connectivity index (χ1v) is 7.92. The maximum Gasteiger partial charge on any atom is 0.228 e. The molecule has 0 spiro atoms. The number of benzene rings is 2. The van der Waals surface area contributed by atoms with Crippen LogP contribution >= 0.6 is 0 Å². The fourth-order valence-electron chi connectivity index (χ4n) is 2.91. The van der Waals surface area contributed by atoms with Gasteiger partial charge in [-0.25, -0.2) is 0 Å². The topological polar surface area (TPSA) is 42.2 Å². The molecule has 1 N–H and O–H groups in total. The lowest BCUT2D eigenvalue weighted by Gasteiger charge is -2.07. The number of rotatable bonds is 4. The van der Waals surface area contributed by atoms with Crippen molar-refractivity contribution < 1.29 is 9.21 Å². The lowest BCUT2D eigenvalue weighted by atomic mass is 10.1. The summed E-state index contributed by atoms with van der Waals surface area (Å²) in [5, 5.41) is 4.00. The van der Waals surface area contributed by atoms with Gasteiger partial charge >= 0.3 is 0 Å². The molecule has 0 atom stereocenters. The van der Waals surface area contributed by atoms with E-state index in [0.717, 1.165) is 39.8 Å². The van der Waals surface area contributed by atoms with Crippen molar-refractivity contribution in [1.82, 2.24) is 0 Å². The minimum absolute atomic E-state index is 0.0281. The zero-order valence-electron chi connectivity index (χ0n) is 13.8. The van der Waals surface area contributed by atoms with Crippen molar-refractivity contribution in [2.75, 3.05) is 5.32 Å². The second-order valence-corrected chi connectivity index (χ2v) is 6.05. The van der Waals surface area contributed by atoms with Gasteiger partial charge in [-0.15, -0.1) is 0 Å². The highest BCUT2D eigenvalue weighted by Gasteiger charge is 2.11. The molecule has 0 unspecified atom stereocenters. The Morgan fingerprint density at radius 2 is 1.83 bits per heavy atom. The fraction of sp³-hybridized carbons (Fsp3) is 0.250. The molecule has 0 aliphatic carbocycles. The summed E-state index contributed by atoms with van der Waals surface area (Å²) in [7, 11) is 0. The number of anilines is 1. The Morgan fingerprint density at radius 1 is 1.09 bits per heavy atom. The van der Waals surface area contributed by atoms with Gasteiger partial charge in [0.25, 0.3) is 0 Å². The molecule has 1 amide bonds. The molecule has 0 aliphatic rings. The largest absolute Gasteiger partial charge is 0.464 e. The van der Waals surface area contributed by atoms with Crippen LogP contribution in [-0.4, -0.2) is 5.91 Å². The Labute approximate surface area is 136 Å². The van der Waals surface area contributed by atoms with Crippen molar-refractivity contribution in [3.63, 3.8) is 0 Å². The summed E-state index contributed by atoms with van der Waals surface area (Å²) in [5.74, 6) is -0.0281. The molecule has 3 heteroatoms. The normalized spacial score (nSPS) is 10.9. The molecular weight excluding hydrogens is 286 g/mol. The molecule has 118 valence electrons. The molecule has 0 bridgehead atoms. The van der Waals surface area contributed by atoms with Gasteiger partial charge in [0.15, 0.2) is 0 Å². The van der Waals surface area contributed by atoms with Gasteiger partial charge in [-0.05, 0) is 61.2 Å². The van der Waals surface area contributed by atoms with E-state index in [2.05, 4.69) is 30.4 Å². The Balaban J connectivity index is 1.80. The number of hydrogen-bond donors (Lipinski definition) is 1. The third-order valence-corrected chi connectivity index (χ3v) is 3.98. The molecule has 1 heterocycles. The van der Waals surface area contributed by atoms with Crippen molar-refractivity contribution in [3.05, 3.63) is 64.9 Å². The molecule has 0 saturated heterocycles. The predicted octanol–water partition coefficient (Wildman–Crippen LogP) is 4.79. The van der Waals surface area contributed by atoms with Crippen LogP contribution in [0.2, 0.25) is 0 Å². The third kappa shape index (κ3) is 3.45. The highest BCUT2D eigenvalue weighted by molar-refractivity contribution is 5.95. The molecule has 23 heavy (non-hydrogen) atoms. The third-order valence-electron chi connectivity index (χ3n) is 3.98. The summed E-state index contributed by atoms with van der Waals surface area (Å²) < 4.78 is 5.56.